The molecule has 2 aromatic rings. The van der Waals surface area contributed by atoms with Crippen LogP contribution >= 0.6 is 23.2 Å². The van der Waals surface area contributed by atoms with Gasteiger partial charge in [0.05, 0.1) is 29.2 Å². The second-order valence-electron chi connectivity index (χ2n) is 7.09. The summed E-state index contributed by atoms with van der Waals surface area (Å²) >= 11 is 12.7. The van der Waals surface area contributed by atoms with Crippen molar-refractivity contribution in [1.82, 2.24) is 20.2 Å². The fourth-order valence-electron chi connectivity index (χ4n) is 3.55. The Balaban J connectivity index is 1.97. The van der Waals surface area contributed by atoms with Gasteiger partial charge in [-0.3, -0.25) is 0 Å². The number of hydrogen-bond acceptors (Lipinski definition) is 4. The molecule has 0 aliphatic carbocycles. The number of carbonyl (C=O) groups excluding carboxylic acids is 2. The van der Waals surface area contributed by atoms with Gasteiger partial charge in [-0.25, -0.2) is 14.6 Å². The average Bonchev–Trinajstić information content (AvgIpc) is 3.21. The summed E-state index contributed by atoms with van der Waals surface area (Å²) < 4.78 is 4.89. The van der Waals surface area contributed by atoms with E-state index in [1.165, 1.54) is 7.11 Å². The molecule has 1 aromatic heterocycles. The number of esters is 1. The van der Waals surface area contributed by atoms with Gasteiger partial charge in [0.2, 0.25) is 0 Å². The monoisotopic (exact) mass is 438 g/mol. The Morgan fingerprint density at radius 3 is 2.86 bits per heavy atom. The fraction of sp³-hybridized carbons (Fsp3) is 0.450. The summed E-state index contributed by atoms with van der Waals surface area (Å²) in [6, 6.07) is 3.67. The fourth-order valence-corrected chi connectivity index (χ4v) is 3.97. The number of H-pyrrole nitrogens is 1. The maximum absolute atomic E-state index is 13.3. The van der Waals surface area contributed by atoms with Gasteiger partial charge in [-0.15, -0.1) is 0 Å². The summed E-state index contributed by atoms with van der Waals surface area (Å²) in [4.78, 5) is 34.7. The molecule has 3 atom stereocenters. The zero-order valence-corrected chi connectivity index (χ0v) is 18.0. The molecule has 2 heterocycles. The lowest BCUT2D eigenvalue weighted by molar-refractivity contribution is -0.144. The van der Waals surface area contributed by atoms with Crippen LogP contribution in [0.5, 0.6) is 0 Å². The van der Waals surface area contributed by atoms with Crippen molar-refractivity contribution < 1.29 is 14.3 Å². The molecule has 9 heteroatoms. The van der Waals surface area contributed by atoms with Gasteiger partial charge in [0.15, 0.2) is 0 Å². The van der Waals surface area contributed by atoms with Gasteiger partial charge >= 0.3 is 12.0 Å². The van der Waals surface area contributed by atoms with Crippen molar-refractivity contribution in [3.63, 3.8) is 0 Å². The molecule has 7 nitrogen and oxygen atoms in total. The quantitative estimate of drug-likeness (QED) is 0.691. The van der Waals surface area contributed by atoms with E-state index in [9.17, 15) is 9.59 Å². The number of fused-ring (bicyclic) bond motifs is 1. The average molecular weight is 439 g/mol. The van der Waals surface area contributed by atoms with Crippen molar-refractivity contribution in [1.29, 1.82) is 0 Å². The smallest absolute Gasteiger partial charge is 0.328 e. The summed E-state index contributed by atoms with van der Waals surface area (Å²) in [7, 11) is 1.31. The molecule has 2 amide bonds. The largest absolute Gasteiger partial charge is 0.467 e. The van der Waals surface area contributed by atoms with Crippen LogP contribution < -0.4 is 5.32 Å². The van der Waals surface area contributed by atoms with E-state index in [0.717, 1.165) is 5.69 Å². The molecule has 2 N–H and O–H groups in total. The van der Waals surface area contributed by atoms with Crippen LogP contribution in [0, 0.1) is 5.92 Å². The number of carbonyl (C=O) groups is 2. The summed E-state index contributed by atoms with van der Waals surface area (Å²) in [6.07, 6.45) is 2.94. The van der Waals surface area contributed by atoms with E-state index in [4.69, 9.17) is 27.9 Å². The molecule has 0 unspecified atom stereocenters. The highest BCUT2D eigenvalue weighted by Gasteiger charge is 2.37. The van der Waals surface area contributed by atoms with Crippen molar-refractivity contribution in [2.45, 2.75) is 38.8 Å². The summed E-state index contributed by atoms with van der Waals surface area (Å²) in [5, 5.41) is 3.62. The summed E-state index contributed by atoms with van der Waals surface area (Å²) in [5.41, 5.74) is 2.34. The number of halogens is 2. The third kappa shape index (κ3) is 4.21. The van der Waals surface area contributed by atoms with Gasteiger partial charge in [-0.2, -0.15) is 0 Å². The zero-order valence-electron chi connectivity index (χ0n) is 16.5. The molecule has 1 aromatic carbocycles. The number of ether oxygens (including phenoxy) is 1. The maximum Gasteiger partial charge on any atom is 0.328 e. The molecular weight excluding hydrogens is 415 g/mol. The molecule has 0 saturated carbocycles. The Kier molecular flexibility index (Phi) is 6.70. The van der Waals surface area contributed by atoms with Crippen LogP contribution in [0.2, 0.25) is 10.0 Å². The normalized spacial score (nSPS) is 18.0. The number of imidazole rings is 1. The Labute approximate surface area is 179 Å². The lowest BCUT2D eigenvalue weighted by Crippen LogP contribution is -2.53. The number of hydrogen-bond donors (Lipinski definition) is 2. The van der Waals surface area contributed by atoms with Gasteiger partial charge in [0, 0.05) is 24.2 Å². The van der Waals surface area contributed by atoms with E-state index < -0.39 is 18.1 Å². The minimum Gasteiger partial charge on any atom is -0.467 e. The van der Waals surface area contributed by atoms with Crippen molar-refractivity contribution in [3.8, 4) is 0 Å². The van der Waals surface area contributed by atoms with Crippen LogP contribution in [0.25, 0.3) is 0 Å². The van der Waals surface area contributed by atoms with E-state index in [1.54, 1.807) is 23.4 Å². The Morgan fingerprint density at radius 1 is 1.41 bits per heavy atom. The van der Waals surface area contributed by atoms with E-state index in [0.29, 0.717) is 40.7 Å². The zero-order chi connectivity index (χ0) is 21.1. The van der Waals surface area contributed by atoms with Gasteiger partial charge in [-0.05, 0) is 12.0 Å². The van der Waals surface area contributed by atoms with Crippen LogP contribution in [-0.4, -0.2) is 46.6 Å². The third-order valence-electron chi connectivity index (χ3n) is 5.41. The predicted octanol–water partition coefficient (Wildman–Crippen LogP) is 3.96. The molecule has 3 rings (SSSR count). The highest BCUT2D eigenvalue weighted by atomic mass is 35.5. The van der Waals surface area contributed by atoms with Crippen molar-refractivity contribution in [2.75, 3.05) is 13.7 Å². The summed E-state index contributed by atoms with van der Waals surface area (Å²) in [5.74, 6) is -0.548. The second-order valence-corrected chi connectivity index (χ2v) is 7.88. The van der Waals surface area contributed by atoms with Crippen LogP contribution in [0.3, 0.4) is 0 Å². The number of amides is 2. The Bertz CT molecular complexity index is 902. The van der Waals surface area contributed by atoms with Crippen LogP contribution in [0.4, 0.5) is 4.79 Å². The number of benzene rings is 1. The molecule has 1 aliphatic rings. The molecular formula is C20H24Cl2N4O3. The number of aromatic amines is 1. The molecule has 0 fully saturated rings. The van der Waals surface area contributed by atoms with Gasteiger partial charge in [0.25, 0.3) is 0 Å². The number of methoxy groups -OCH3 is 1. The van der Waals surface area contributed by atoms with Crippen LogP contribution in [0.1, 0.15) is 43.3 Å². The van der Waals surface area contributed by atoms with Gasteiger partial charge in [-0.1, -0.05) is 55.6 Å². The van der Waals surface area contributed by atoms with E-state index in [1.807, 2.05) is 19.9 Å². The molecule has 0 saturated heterocycles. The van der Waals surface area contributed by atoms with Crippen molar-refractivity contribution in [2.24, 2.45) is 5.92 Å². The lowest BCUT2D eigenvalue weighted by atomic mass is 9.95. The number of rotatable bonds is 5. The van der Waals surface area contributed by atoms with Crippen molar-refractivity contribution >= 4 is 35.2 Å². The highest BCUT2D eigenvalue weighted by Crippen LogP contribution is 2.39. The lowest BCUT2D eigenvalue weighted by Gasteiger charge is -2.37. The van der Waals surface area contributed by atoms with Gasteiger partial charge < -0.3 is 19.9 Å². The minimum atomic E-state index is -0.742. The summed E-state index contributed by atoms with van der Waals surface area (Å²) in [6.45, 7) is 4.29. The molecule has 156 valence electrons. The van der Waals surface area contributed by atoms with Gasteiger partial charge in [0.1, 0.15) is 12.1 Å². The van der Waals surface area contributed by atoms with E-state index >= 15 is 0 Å². The molecule has 0 bridgehead atoms. The first-order chi connectivity index (χ1) is 13.9. The molecule has 0 radical (unpaired) electrons. The van der Waals surface area contributed by atoms with E-state index in [-0.39, 0.29) is 11.9 Å². The standard InChI is InChI=1S/C20H24Cl2N4O3/c1-4-11(2)16(19(27)29-3)25-20(28)26-9-8-14-17(24-10-23-14)18(26)12-6-5-7-13(21)15(12)22/h5-7,10-11,16,18H,4,8-9H2,1-3H3,(H,23,24)(H,25,28)/t11-,16+,18+/m0/s1. The highest BCUT2D eigenvalue weighted by molar-refractivity contribution is 6.42. The second kappa shape index (κ2) is 9.05. The van der Waals surface area contributed by atoms with E-state index in [2.05, 4.69) is 15.3 Å². The maximum atomic E-state index is 13.3. The number of nitrogens with zero attached hydrogens (tertiary/aromatic N) is 2. The number of urea groups is 1. The Hall–Kier alpha value is -2.25. The number of nitrogens with one attached hydrogen (secondary N) is 2. The van der Waals surface area contributed by atoms with Crippen LogP contribution in [-0.2, 0) is 16.0 Å². The molecule has 29 heavy (non-hydrogen) atoms. The van der Waals surface area contributed by atoms with Crippen LogP contribution in [0.15, 0.2) is 24.5 Å². The predicted molar refractivity (Wildman–Crippen MR) is 111 cm³/mol. The molecule has 1 aliphatic heterocycles. The minimum absolute atomic E-state index is 0.0784. The number of aromatic nitrogens is 2. The van der Waals surface area contributed by atoms with Crippen molar-refractivity contribution in [3.05, 3.63) is 51.5 Å². The first-order valence-electron chi connectivity index (χ1n) is 9.50. The first kappa shape index (κ1) is 21.5. The third-order valence-corrected chi connectivity index (χ3v) is 6.24. The first-order valence-corrected chi connectivity index (χ1v) is 10.3. The Morgan fingerprint density at radius 2 is 2.17 bits per heavy atom. The SMILES string of the molecule is CC[C@H](C)[C@@H](NC(=O)N1CCc2[nH]cnc2[C@H]1c1cccc(Cl)c1Cl)C(=O)OC. The topological polar surface area (TPSA) is 87.3 Å². The molecule has 0 spiro atoms.